The molecule has 29 heavy (non-hydrogen) atoms. The number of primary amides is 1. The highest BCUT2D eigenvalue weighted by molar-refractivity contribution is 5.76. The first-order chi connectivity index (χ1) is 13.8. The fourth-order valence-corrected chi connectivity index (χ4v) is 4.99. The van der Waals surface area contributed by atoms with Gasteiger partial charge in [0.2, 0.25) is 5.91 Å². The summed E-state index contributed by atoms with van der Waals surface area (Å²) >= 11 is 0. The van der Waals surface area contributed by atoms with Gasteiger partial charge in [-0.3, -0.25) is 9.69 Å². The third-order valence-electron chi connectivity index (χ3n) is 6.67. The van der Waals surface area contributed by atoms with E-state index >= 15 is 0 Å². The van der Waals surface area contributed by atoms with Crippen LogP contribution in [0, 0.1) is 17.3 Å². The Balaban J connectivity index is 1.44. The average Bonchev–Trinajstić information content (AvgIpc) is 3.10. The third-order valence-corrected chi connectivity index (χ3v) is 6.67. The molecule has 0 saturated carbocycles. The molecule has 3 rings (SSSR count). The zero-order valence-electron chi connectivity index (χ0n) is 18.4. The van der Waals surface area contributed by atoms with Crippen LogP contribution in [0.1, 0.15) is 40.0 Å². The van der Waals surface area contributed by atoms with Crippen molar-refractivity contribution >= 4 is 11.7 Å². The highest BCUT2D eigenvalue weighted by Gasteiger charge is 2.49. The molecule has 0 aliphatic carbocycles. The van der Waals surface area contributed by atoms with Crippen molar-refractivity contribution in [1.82, 2.24) is 25.0 Å². The lowest BCUT2D eigenvalue weighted by Gasteiger charge is -2.53. The Labute approximate surface area is 174 Å². The fourth-order valence-electron chi connectivity index (χ4n) is 4.99. The number of carbonyl (C=O) groups excluding carboxylic acids is 1. The lowest BCUT2D eigenvalue weighted by molar-refractivity contribution is -0.121. The minimum atomic E-state index is -0.217. The van der Waals surface area contributed by atoms with E-state index in [1.54, 1.807) is 6.20 Å². The Morgan fingerprint density at radius 3 is 2.66 bits per heavy atom. The molecular weight excluding hydrogens is 366 g/mol. The van der Waals surface area contributed by atoms with Crippen LogP contribution >= 0.6 is 0 Å². The molecule has 3 heterocycles. The summed E-state index contributed by atoms with van der Waals surface area (Å²) in [5.41, 5.74) is 5.79. The quantitative estimate of drug-likeness (QED) is 0.628. The van der Waals surface area contributed by atoms with Crippen molar-refractivity contribution in [3.05, 3.63) is 12.5 Å². The van der Waals surface area contributed by atoms with E-state index in [-0.39, 0.29) is 11.8 Å². The van der Waals surface area contributed by atoms with Crippen LogP contribution in [0.3, 0.4) is 0 Å². The first kappa shape index (κ1) is 21.9. The molecular formula is C21H37N7O. The van der Waals surface area contributed by atoms with Crippen LogP contribution in [0.15, 0.2) is 12.5 Å². The first-order valence-electron chi connectivity index (χ1n) is 10.9. The van der Waals surface area contributed by atoms with E-state index in [1.165, 1.54) is 32.3 Å². The maximum atomic E-state index is 11.3. The van der Waals surface area contributed by atoms with E-state index in [1.807, 2.05) is 6.92 Å². The summed E-state index contributed by atoms with van der Waals surface area (Å²) in [7, 11) is 2.08. The topological polar surface area (TPSA) is 91.5 Å². The minimum Gasteiger partial charge on any atom is -0.369 e. The number of carbonyl (C=O) groups is 1. The summed E-state index contributed by atoms with van der Waals surface area (Å²) in [5, 5.41) is 7.75. The van der Waals surface area contributed by atoms with E-state index in [2.05, 4.69) is 50.8 Å². The summed E-state index contributed by atoms with van der Waals surface area (Å²) in [4.78, 5) is 22.9. The monoisotopic (exact) mass is 403 g/mol. The van der Waals surface area contributed by atoms with Crippen LogP contribution in [-0.4, -0.2) is 83.2 Å². The Morgan fingerprint density at radius 1 is 1.28 bits per heavy atom. The maximum Gasteiger partial charge on any atom is 0.221 e. The lowest BCUT2D eigenvalue weighted by Crippen LogP contribution is -2.62. The second-order valence-electron chi connectivity index (χ2n) is 9.56. The molecule has 162 valence electrons. The molecule has 2 fully saturated rings. The van der Waals surface area contributed by atoms with Gasteiger partial charge in [0, 0.05) is 50.1 Å². The number of nitrogens with two attached hydrogens (primary N) is 1. The van der Waals surface area contributed by atoms with Crippen LogP contribution < -0.4 is 10.6 Å². The number of rotatable bonds is 10. The Morgan fingerprint density at radius 2 is 2.03 bits per heavy atom. The number of aromatic nitrogens is 3. The van der Waals surface area contributed by atoms with Crippen molar-refractivity contribution in [3.8, 4) is 0 Å². The molecule has 0 unspecified atom stereocenters. The van der Waals surface area contributed by atoms with E-state index in [0.29, 0.717) is 17.4 Å². The molecule has 0 aromatic carbocycles. The molecule has 2 N–H and O–H groups in total. The zero-order valence-corrected chi connectivity index (χ0v) is 18.4. The number of amides is 1. The van der Waals surface area contributed by atoms with Gasteiger partial charge in [-0.2, -0.15) is 5.10 Å². The highest BCUT2D eigenvalue weighted by atomic mass is 16.1. The predicted octanol–water partition coefficient (Wildman–Crippen LogP) is 1.24. The van der Waals surface area contributed by atoms with Gasteiger partial charge in [-0.25, -0.2) is 4.98 Å². The lowest BCUT2D eigenvalue weighted by atomic mass is 9.76. The number of hydrogen-bond donors (Lipinski definition) is 1. The van der Waals surface area contributed by atoms with Gasteiger partial charge in [0.05, 0.1) is 6.20 Å². The zero-order chi connectivity index (χ0) is 21.0. The number of likely N-dealkylation sites (tertiary alicyclic amines) is 1. The molecule has 1 aromatic rings. The molecule has 8 nitrogen and oxygen atoms in total. The van der Waals surface area contributed by atoms with Crippen LogP contribution in [0.2, 0.25) is 0 Å². The Kier molecular flexibility index (Phi) is 7.05. The van der Waals surface area contributed by atoms with Crippen LogP contribution in [-0.2, 0) is 4.79 Å². The second-order valence-corrected chi connectivity index (χ2v) is 9.56. The van der Waals surface area contributed by atoms with Gasteiger partial charge in [-0.05, 0) is 38.8 Å². The molecule has 1 amide bonds. The largest absolute Gasteiger partial charge is 0.369 e. The minimum absolute atomic E-state index is 0.0912. The molecule has 0 radical (unpaired) electrons. The normalized spacial score (nSPS) is 21.0. The maximum absolute atomic E-state index is 11.3. The number of anilines is 1. The molecule has 1 spiro atoms. The van der Waals surface area contributed by atoms with Crippen molar-refractivity contribution in [2.45, 2.75) is 46.1 Å². The smallest absolute Gasteiger partial charge is 0.221 e. The molecule has 2 atom stereocenters. The predicted molar refractivity (Wildman–Crippen MR) is 114 cm³/mol. The number of nitrogens with zero attached hydrogens (tertiary/aromatic N) is 6. The standard InChI is InChI=1S/C21H37N7O/c1-16(2)18(6-5-8-26(4)11-17(3)20(22)29)28-13-21(14-28)7-9-27(12-21)19-10-24-25-15-23-19/h10,15-18H,5-9,11-14H2,1-4H3,(H2,22,29)/t17-,18+/m0/s1. The van der Waals surface area contributed by atoms with Gasteiger partial charge in [0.1, 0.15) is 6.33 Å². The van der Waals surface area contributed by atoms with Gasteiger partial charge in [-0.15, -0.1) is 5.10 Å². The second kappa shape index (κ2) is 9.34. The van der Waals surface area contributed by atoms with Crippen LogP contribution in [0.4, 0.5) is 5.82 Å². The highest BCUT2D eigenvalue weighted by Crippen LogP contribution is 2.42. The van der Waals surface area contributed by atoms with Crippen LogP contribution in [0.25, 0.3) is 0 Å². The molecule has 2 aliphatic rings. The summed E-state index contributed by atoms with van der Waals surface area (Å²) in [6, 6.07) is 0.623. The fraction of sp³-hybridized carbons (Fsp3) is 0.810. The summed E-state index contributed by atoms with van der Waals surface area (Å²) in [5.74, 6) is 1.28. The van der Waals surface area contributed by atoms with E-state index in [9.17, 15) is 4.79 Å². The van der Waals surface area contributed by atoms with Crippen molar-refractivity contribution in [2.24, 2.45) is 23.0 Å². The van der Waals surface area contributed by atoms with Crippen molar-refractivity contribution < 1.29 is 4.79 Å². The van der Waals surface area contributed by atoms with Crippen molar-refractivity contribution in [3.63, 3.8) is 0 Å². The van der Waals surface area contributed by atoms with Crippen molar-refractivity contribution in [1.29, 1.82) is 0 Å². The summed E-state index contributed by atoms with van der Waals surface area (Å²) < 4.78 is 0. The first-order valence-corrected chi connectivity index (χ1v) is 10.9. The van der Waals surface area contributed by atoms with Crippen molar-refractivity contribution in [2.75, 3.05) is 51.2 Å². The van der Waals surface area contributed by atoms with Crippen LogP contribution in [0.5, 0.6) is 0 Å². The Hall–Kier alpha value is -1.80. The molecule has 2 aliphatic heterocycles. The number of hydrogen-bond acceptors (Lipinski definition) is 7. The van der Waals surface area contributed by atoms with E-state index in [0.717, 1.165) is 38.4 Å². The SMILES string of the molecule is CC(C)[C@@H](CCCN(C)C[C@H](C)C(N)=O)N1CC2(CCN(c3cnncn3)C2)C1. The molecule has 2 saturated heterocycles. The third kappa shape index (κ3) is 5.42. The molecule has 0 bridgehead atoms. The van der Waals surface area contributed by atoms with Gasteiger partial charge in [0.25, 0.3) is 0 Å². The Bertz CT molecular complexity index is 662. The van der Waals surface area contributed by atoms with Gasteiger partial charge >= 0.3 is 0 Å². The molecule has 8 heteroatoms. The van der Waals surface area contributed by atoms with Gasteiger partial charge in [-0.1, -0.05) is 20.8 Å². The molecule has 1 aromatic heterocycles. The van der Waals surface area contributed by atoms with E-state index in [4.69, 9.17) is 5.73 Å². The summed E-state index contributed by atoms with van der Waals surface area (Å²) in [6.07, 6.45) is 6.87. The van der Waals surface area contributed by atoms with E-state index < -0.39 is 0 Å². The average molecular weight is 404 g/mol. The van der Waals surface area contributed by atoms with Gasteiger partial charge in [0.15, 0.2) is 5.82 Å². The van der Waals surface area contributed by atoms with Gasteiger partial charge < -0.3 is 15.5 Å². The summed E-state index contributed by atoms with van der Waals surface area (Å²) in [6.45, 7) is 12.8.